The Hall–Kier alpha value is -0.0800. The molecule has 0 heterocycles. The molecule has 2 unspecified atom stereocenters. The average molecular weight is 240 g/mol. The monoisotopic (exact) mass is 240 g/mol. The molecule has 0 aliphatic heterocycles. The molecule has 1 aliphatic carbocycles. The van der Waals surface area contributed by atoms with E-state index in [-0.39, 0.29) is 5.54 Å². The lowest BCUT2D eigenvalue weighted by Crippen LogP contribution is -2.51. The van der Waals surface area contributed by atoms with E-state index in [1.165, 1.54) is 25.7 Å². The zero-order chi connectivity index (χ0) is 13.1. The highest BCUT2D eigenvalue weighted by Gasteiger charge is 2.29. The Morgan fingerprint density at radius 1 is 1.18 bits per heavy atom. The molecule has 17 heavy (non-hydrogen) atoms. The SMILES string of the molecule is CC(C)C1CCCCC1NCC(C)(C)N(C)C. The van der Waals surface area contributed by atoms with E-state index in [9.17, 15) is 0 Å². The van der Waals surface area contributed by atoms with Crippen LogP contribution >= 0.6 is 0 Å². The smallest absolute Gasteiger partial charge is 0.0271 e. The summed E-state index contributed by atoms with van der Waals surface area (Å²) in [6.45, 7) is 10.5. The van der Waals surface area contributed by atoms with Crippen LogP contribution in [0.5, 0.6) is 0 Å². The van der Waals surface area contributed by atoms with Crippen LogP contribution in [0.25, 0.3) is 0 Å². The van der Waals surface area contributed by atoms with Crippen molar-refractivity contribution in [3.63, 3.8) is 0 Å². The zero-order valence-corrected chi connectivity index (χ0v) is 12.7. The van der Waals surface area contributed by atoms with Gasteiger partial charge in [0.15, 0.2) is 0 Å². The Labute approximate surface area is 108 Å². The summed E-state index contributed by atoms with van der Waals surface area (Å²) in [7, 11) is 4.34. The Morgan fingerprint density at radius 2 is 1.76 bits per heavy atom. The van der Waals surface area contributed by atoms with Gasteiger partial charge in [-0.3, -0.25) is 0 Å². The quantitative estimate of drug-likeness (QED) is 0.794. The van der Waals surface area contributed by atoms with Crippen LogP contribution in [0.15, 0.2) is 0 Å². The van der Waals surface area contributed by atoms with Crippen molar-refractivity contribution >= 4 is 0 Å². The Balaban J connectivity index is 2.48. The van der Waals surface area contributed by atoms with E-state index in [0.717, 1.165) is 24.4 Å². The van der Waals surface area contributed by atoms with Gasteiger partial charge in [-0.15, -0.1) is 0 Å². The molecule has 1 rings (SSSR count). The lowest BCUT2D eigenvalue weighted by Gasteiger charge is -2.39. The molecule has 0 aromatic rings. The van der Waals surface area contributed by atoms with E-state index in [4.69, 9.17) is 0 Å². The van der Waals surface area contributed by atoms with Gasteiger partial charge in [0.05, 0.1) is 0 Å². The van der Waals surface area contributed by atoms with E-state index in [1.807, 2.05) is 0 Å². The van der Waals surface area contributed by atoms with Gasteiger partial charge >= 0.3 is 0 Å². The van der Waals surface area contributed by atoms with Crippen LogP contribution in [0, 0.1) is 11.8 Å². The van der Waals surface area contributed by atoms with Crippen molar-refractivity contribution in [2.45, 2.75) is 65.0 Å². The number of nitrogens with zero attached hydrogens (tertiary/aromatic N) is 1. The second-order valence-corrected chi connectivity index (χ2v) is 6.89. The van der Waals surface area contributed by atoms with Crippen LogP contribution in [-0.2, 0) is 0 Å². The van der Waals surface area contributed by atoms with Crippen molar-refractivity contribution in [2.75, 3.05) is 20.6 Å². The molecule has 0 radical (unpaired) electrons. The van der Waals surface area contributed by atoms with Gasteiger partial charge in [0.2, 0.25) is 0 Å². The molecule has 2 heteroatoms. The van der Waals surface area contributed by atoms with E-state index in [1.54, 1.807) is 0 Å². The van der Waals surface area contributed by atoms with Crippen LogP contribution < -0.4 is 5.32 Å². The summed E-state index contributed by atoms with van der Waals surface area (Å²) in [5.41, 5.74) is 0.249. The lowest BCUT2D eigenvalue weighted by atomic mass is 9.77. The van der Waals surface area contributed by atoms with Crippen LogP contribution in [0.4, 0.5) is 0 Å². The van der Waals surface area contributed by atoms with Gasteiger partial charge < -0.3 is 10.2 Å². The molecule has 0 saturated heterocycles. The zero-order valence-electron chi connectivity index (χ0n) is 12.7. The first-order chi connectivity index (χ1) is 7.84. The molecule has 1 aliphatic rings. The van der Waals surface area contributed by atoms with Crippen LogP contribution in [0.1, 0.15) is 53.4 Å². The number of likely N-dealkylation sites (N-methyl/N-ethyl adjacent to an activating group) is 1. The second kappa shape index (κ2) is 6.19. The van der Waals surface area contributed by atoms with Gasteiger partial charge in [-0.25, -0.2) is 0 Å². The normalized spacial score (nSPS) is 26.8. The topological polar surface area (TPSA) is 15.3 Å². The van der Waals surface area contributed by atoms with Gasteiger partial charge in [-0.1, -0.05) is 26.7 Å². The number of hydrogen-bond acceptors (Lipinski definition) is 2. The molecule has 2 nitrogen and oxygen atoms in total. The number of nitrogens with one attached hydrogen (secondary N) is 1. The summed E-state index contributed by atoms with van der Waals surface area (Å²) in [4.78, 5) is 2.31. The first-order valence-corrected chi connectivity index (χ1v) is 7.25. The van der Waals surface area contributed by atoms with E-state index in [0.29, 0.717) is 0 Å². The first-order valence-electron chi connectivity index (χ1n) is 7.25. The Kier molecular flexibility index (Phi) is 5.46. The predicted molar refractivity (Wildman–Crippen MR) is 76.4 cm³/mol. The molecule has 0 bridgehead atoms. The second-order valence-electron chi connectivity index (χ2n) is 6.89. The highest BCUT2D eigenvalue weighted by molar-refractivity contribution is 4.87. The molecular weight excluding hydrogens is 208 g/mol. The van der Waals surface area contributed by atoms with Crippen LogP contribution in [-0.4, -0.2) is 37.1 Å². The van der Waals surface area contributed by atoms with E-state index < -0.39 is 0 Å². The summed E-state index contributed by atoms with van der Waals surface area (Å²) in [6, 6.07) is 0.739. The first kappa shape index (κ1) is 15.0. The van der Waals surface area contributed by atoms with Gasteiger partial charge in [-0.2, -0.15) is 0 Å². The van der Waals surface area contributed by atoms with Crippen molar-refractivity contribution in [1.82, 2.24) is 10.2 Å². The molecular formula is C15H32N2. The maximum absolute atomic E-state index is 3.83. The third kappa shape index (κ3) is 4.26. The van der Waals surface area contributed by atoms with Crippen LogP contribution in [0.3, 0.4) is 0 Å². The van der Waals surface area contributed by atoms with E-state index >= 15 is 0 Å². The van der Waals surface area contributed by atoms with Crippen LogP contribution in [0.2, 0.25) is 0 Å². The number of hydrogen-bond donors (Lipinski definition) is 1. The molecule has 0 spiro atoms. The molecule has 0 aromatic carbocycles. The van der Waals surface area contributed by atoms with Crippen molar-refractivity contribution in [3.8, 4) is 0 Å². The fourth-order valence-electron chi connectivity index (χ4n) is 2.75. The molecule has 1 saturated carbocycles. The minimum Gasteiger partial charge on any atom is -0.312 e. The van der Waals surface area contributed by atoms with Gasteiger partial charge in [0, 0.05) is 18.1 Å². The van der Waals surface area contributed by atoms with Crippen molar-refractivity contribution < 1.29 is 0 Å². The predicted octanol–water partition coefficient (Wildman–Crippen LogP) is 3.13. The molecule has 1 N–H and O–H groups in total. The molecule has 2 atom stereocenters. The maximum atomic E-state index is 3.83. The highest BCUT2D eigenvalue weighted by Crippen LogP contribution is 2.30. The summed E-state index contributed by atoms with van der Waals surface area (Å²) in [6.07, 6.45) is 5.62. The minimum absolute atomic E-state index is 0.249. The Morgan fingerprint density at radius 3 is 2.29 bits per heavy atom. The summed E-state index contributed by atoms with van der Waals surface area (Å²) < 4.78 is 0. The lowest BCUT2D eigenvalue weighted by molar-refractivity contribution is 0.151. The standard InChI is InChI=1S/C15H32N2/c1-12(2)13-9-7-8-10-14(13)16-11-15(3,4)17(5)6/h12-14,16H,7-11H2,1-6H3. The third-order valence-corrected chi connectivity index (χ3v) is 4.68. The summed E-state index contributed by atoms with van der Waals surface area (Å²) in [5, 5.41) is 3.83. The fraction of sp³-hybridized carbons (Fsp3) is 1.00. The van der Waals surface area contributed by atoms with Crippen molar-refractivity contribution in [2.24, 2.45) is 11.8 Å². The largest absolute Gasteiger partial charge is 0.312 e. The van der Waals surface area contributed by atoms with Gasteiger partial charge in [0.1, 0.15) is 0 Å². The van der Waals surface area contributed by atoms with Gasteiger partial charge in [0.25, 0.3) is 0 Å². The van der Waals surface area contributed by atoms with E-state index in [2.05, 4.69) is 52.0 Å². The summed E-state index contributed by atoms with van der Waals surface area (Å²) in [5.74, 6) is 1.69. The van der Waals surface area contributed by atoms with Crippen molar-refractivity contribution in [1.29, 1.82) is 0 Å². The minimum atomic E-state index is 0.249. The van der Waals surface area contributed by atoms with Crippen molar-refractivity contribution in [3.05, 3.63) is 0 Å². The average Bonchev–Trinajstić information content (AvgIpc) is 2.26. The molecule has 1 fully saturated rings. The Bertz CT molecular complexity index is 221. The fourth-order valence-corrected chi connectivity index (χ4v) is 2.75. The maximum Gasteiger partial charge on any atom is 0.0271 e. The third-order valence-electron chi connectivity index (χ3n) is 4.68. The number of rotatable bonds is 5. The molecule has 0 aromatic heterocycles. The summed E-state index contributed by atoms with van der Waals surface area (Å²) >= 11 is 0. The molecule has 0 amide bonds. The molecule has 102 valence electrons. The highest BCUT2D eigenvalue weighted by atomic mass is 15.2. The van der Waals surface area contributed by atoms with Gasteiger partial charge in [-0.05, 0) is 52.6 Å².